The lowest BCUT2D eigenvalue weighted by molar-refractivity contribution is 0.329. The van der Waals surface area contributed by atoms with Gasteiger partial charge in [0.25, 0.3) is 11.8 Å². The van der Waals surface area contributed by atoms with Crippen molar-refractivity contribution in [3.63, 3.8) is 0 Å². The van der Waals surface area contributed by atoms with Gasteiger partial charge in [0.1, 0.15) is 0 Å². The smallest absolute Gasteiger partial charge is 0.280 e. The molecular weight excluding hydrogens is 290 g/mol. The van der Waals surface area contributed by atoms with Crippen LogP contribution in [0, 0.1) is 0 Å². The van der Waals surface area contributed by atoms with E-state index in [9.17, 15) is 0 Å². The molecule has 0 atom stereocenters. The minimum absolute atomic E-state index is 0.443. The Morgan fingerprint density at radius 1 is 1.04 bits per heavy atom. The van der Waals surface area contributed by atoms with Gasteiger partial charge in [0, 0.05) is 11.9 Å². The first kappa shape index (κ1) is 14.0. The van der Waals surface area contributed by atoms with Crippen molar-refractivity contribution in [1.29, 1.82) is 0 Å². The normalized spacial score (nSPS) is 15.7. The van der Waals surface area contributed by atoms with Crippen LogP contribution in [0.2, 0.25) is 0 Å². The van der Waals surface area contributed by atoms with E-state index in [4.69, 9.17) is 4.52 Å². The van der Waals surface area contributed by atoms with Crippen LogP contribution in [0.4, 0.5) is 11.6 Å². The topological polar surface area (TPSA) is 68.8 Å². The fourth-order valence-electron chi connectivity index (χ4n) is 3.03. The highest BCUT2D eigenvalue weighted by Gasteiger charge is 2.18. The Labute approximate surface area is 134 Å². The lowest BCUT2D eigenvalue weighted by atomic mass is 9.96. The summed E-state index contributed by atoms with van der Waals surface area (Å²) in [7, 11) is 0. The first-order valence-electron chi connectivity index (χ1n) is 8.10. The van der Waals surface area contributed by atoms with E-state index < -0.39 is 0 Å². The zero-order valence-electron chi connectivity index (χ0n) is 12.9. The molecule has 3 aromatic rings. The molecule has 0 unspecified atom stereocenters. The van der Waals surface area contributed by atoms with Crippen molar-refractivity contribution < 1.29 is 4.52 Å². The molecule has 0 radical (unpaired) electrons. The van der Waals surface area contributed by atoms with Gasteiger partial charge in [-0.05, 0) is 36.2 Å². The summed E-state index contributed by atoms with van der Waals surface area (Å²) in [4.78, 5) is 4.37. The van der Waals surface area contributed by atoms with Crippen molar-refractivity contribution in [3.8, 4) is 11.6 Å². The van der Waals surface area contributed by atoms with Crippen LogP contribution in [0.25, 0.3) is 11.6 Å². The molecule has 1 N–H and O–H groups in total. The van der Waals surface area contributed by atoms with Gasteiger partial charge >= 0.3 is 0 Å². The molecule has 2 aromatic heterocycles. The van der Waals surface area contributed by atoms with E-state index >= 15 is 0 Å². The van der Waals surface area contributed by atoms with Crippen LogP contribution in [0.5, 0.6) is 0 Å². The molecule has 0 bridgehead atoms. The molecule has 118 valence electrons. The van der Waals surface area contributed by atoms with Gasteiger partial charge < -0.3 is 9.84 Å². The number of nitrogens with one attached hydrogen (secondary N) is 1. The molecule has 0 amide bonds. The Balaban J connectivity index is 1.49. The van der Waals surface area contributed by atoms with Crippen LogP contribution < -0.4 is 5.32 Å². The second-order valence-corrected chi connectivity index (χ2v) is 5.89. The first-order chi connectivity index (χ1) is 11.4. The highest BCUT2D eigenvalue weighted by atomic mass is 16.5. The summed E-state index contributed by atoms with van der Waals surface area (Å²) in [6.45, 7) is 0. The van der Waals surface area contributed by atoms with Gasteiger partial charge in [0.05, 0.1) is 6.04 Å². The van der Waals surface area contributed by atoms with Crippen LogP contribution in [0.3, 0.4) is 0 Å². The molecule has 0 aliphatic heterocycles. The monoisotopic (exact) mass is 309 g/mol. The van der Waals surface area contributed by atoms with Crippen LogP contribution in [-0.4, -0.2) is 19.9 Å². The van der Waals surface area contributed by atoms with Gasteiger partial charge in [-0.2, -0.15) is 10.1 Å². The number of aromatic nitrogens is 4. The number of anilines is 2. The third-order valence-corrected chi connectivity index (χ3v) is 4.23. The summed E-state index contributed by atoms with van der Waals surface area (Å²) in [5.74, 6) is 0.886. The van der Waals surface area contributed by atoms with E-state index in [2.05, 4.69) is 20.6 Å². The van der Waals surface area contributed by atoms with Crippen LogP contribution in [0.15, 0.2) is 47.1 Å². The third kappa shape index (κ3) is 3.11. The molecule has 0 saturated heterocycles. The van der Waals surface area contributed by atoms with E-state index in [-0.39, 0.29) is 0 Å². The first-order valence-corrected chi connectivity index (χ1v) is 8.10. The van der Waals surface area contributed by atoms with Gasteiger partial charge in [-0.3, -0.25) is 4.68 Å². The Morgan fingerprint density at radius 3 is 2.70 bits per heavy atom. The van der Waals surface area contributed by atoms with Gasteiger partial charge in [0.15, 0.2) is 5.69 Å². The fourth-order valence-corrected chi connectivity index (χ4v) is 3.03. The summed E-state index contributed by atoms with van der Waals surface area (Å²) in [5, 5.41) is 11.7. The van der Waals surface area contributed by atoms with Crippen molar-refractivity contribution in [2.24, 2.45) is 0 Å². The number of hydrogen-bond acceptors (Lipinski definition) is 5. The van der Waals surface area contributed by atoms with E-state index in [1.54, 1.807) is 0 Å². The zero-order chi connectivity index (χ0) is 15.5. The average Bonchev–Trinajstić information content (AvgIpc) is 3.26. The lowest BCUT2D eigenvalue weighted by Gasteiger charge is -2.21. The molecule has 1 fully saturated rings. The zero-order valence-corrected chi connectivity index (χ0v) is 12.9. The lowest BCUT2D eigenvalue weighted by Crippen LogP contribution is -2.13. The number of para-hydroxylation sites is 1. The number of rotatable bonds is 4. The molecular formula is C17H19N5O. The Hall–Kier alpha value is -2.63. The average molecular weight is 309 g/mol. The van der Waals surface area contributed by atoms with Crippen molar-refractivity contribution in [1.82, 2.24) is 19.9 Å². The molecule has 4 rings (SSSR count). The quantitative estimate of drug-likeness (QED) is 0.783. The van der Waals surface area contributed by atoms with E-state index in [0.29, 0.717) is 17.9 Å². The summed E-state index contributed by atoms with van der Waals surface area (Å²) < 4.78 is 7.37. The Bertz CT molecular complexity index is 758. The second kappa shape index (κ2) is 6.24. The molecule has 1 saturated carbocycles. The molecule has 23 heavy (non-hydrogen) atoms. The predicted octanol–water partition coefficient (Wildman–Crippen LogP) is 4.18. The maximum Gasteiger partial charge on any atom is 0.280 e. The largest absolute Gasteiger partial charge is 0.330 e. The van der Waals surface area contributed by atoms with Gasteiger partial charge in [-0.1, -0.05) is 37.5 Å². The molecule has 1 aliphatic rings. The van der Waals surface area contributed by atoms with Gasteiger partial charge in [0.2, 0.25) is 0 Å². The molecule has 6 nitrogen and oxygen atoms in total. The SMILES string of the molecule is c1ccc(Nc2noc(-c3ccn(C4CCCCC4)n3)n2)cc1. The van der Waals surface area contributed by atoms with Gasteiger partial charge in [-0.15, -0.1) is 0 Å². The van der Waals surface area contributed by atoms with Crippen LogP contribution >= 0.6 is 0 Å². The molecule has 0 spiro atoms. The maximum atomic E-state index is 5.32. The maximum absolute atomic E-state index is 5.32. The summed E-state index contributed by atoms with van der Waals surface area (Å²) in [6, 6.07) is 12.2. The number of hydrogen-bond donors (Lipinski definition) is 1. The van der Waals surface area contributed by atoms with Gasteiger partial charge in [-0.25, -0.2) is 0 Å². The van der Waals surface area contributed by atoms with Crippen molar-refractivity contribution in [2.45, 2.75) is 38.1 Å². The fraction of sp³-hybridized carbons (Fsp3) is 0.353. The molecule has 2 heterocycles. The summed E-state index contributed by atoms with van der Waals surface area (Å²) in [6.07, 6.45) is 8.32. The summed E-state index contributed by atoms with van der Waals surface area (Å²) >= 11 is 0. The predicted molar refractivity (Wildman–Crippen MR) is 87.4 cm³/mol. The Kier molecular flexibility index (Phi) is 3.80. The Morgan fingerprint density at radius 2 is 1.87 bits per heavy atom. The van der Waals surface area contributed by atoms with Crippen molar-refractivity contribution in [3.05, 3.63) is 42.6 Å². The summed E-state index contributed by atoms with van der Waals surface area (Å²) in [5.41, 5.74) is 1.65. The molecule has 1 aliphatic carbocycles. The number of benzene rings is 1. The minimum Gasteiger partial charge on any atom is -0.330 e. The third-order valence-electron chi connectivity index (χ3n) is 4.23. The minimum atomic E-state index is 0.443. The molecule has 1 aromatic carbocycles. The molecule has 6 heteroatoms. The van der Waals surface area contributed by atoms with Crippen molar-refractivity contribution >= 4 is 11.6 Å². The highest BCUT2D eigenvalue weighted by Crippen LogP contribution is 2.28. The van der Waals surface area contributed by atoms with E-state index in [1.807, 2.05) is 47.3 Å². The van der Waals surface area contributed by atoms with E-state index in [0.717, 1.165) is 11.4 Å². The van der Waals surface area contributed by atoms with Crippen LogP contribution in [0.1, 0.15) is 38.1 Å². The van der Waals surface area contributed by atoms with Crippen LogP contribution in [-0.2, 0) is 0 Å². The highest BCUT2D eigenvalue weighted by molar-refractivity contribution is 5.55. The number of nitrogens with zero attached hydrogens (tertiary/aromatic N) is 4. The van der Waals surface area contributed by atoms with Crippen molar-refractivity contribution in [2.75, 3.05) is 5.32 Å². The second-order valence-electron chi connectivity index (χ2n) is 5.89. The standard InChI is InChI=1S/C17H19N5O/c1-3-7-13(8-4-1)18-17-19-16(23-21-17)15-11-12-22(20-15)14-9-5-2-6-10-14/h1,3-4,7-8,11-12,14H,2,5-6,9-10H2,(H,18,21). The van der Waals surface area contributed by atoms with E-state index in [1.165, 1.54) is 32.1 Å².